The lowest BCUT2D eigenvalue weighted by Gasteiger charge is -2.35. The zero-order valence-corrected chi connectivity index (χ0v) is 11.9. The first-order valence-corrected chi connectivity index (χ1v) is 7.07. The van der Waals surface area contributed by atoms with Crippen LogP contribution in [0.3, 0.4) is 0 Å². The number of rotatable bonds is 4. The zero-order chi connectivity index (χ0) is 14.5. The second-order valence-corrected chi connectivity index (χ2v) is 5.24. The van der Waals surface area contributed by atoms with Gasteiger partial charge in [0, 0.05) is 32.7 Å². The van der Waals surface area contributed by atoms with Crippen LogP contribution in [0.5, 0.6) is 0 Å². The average molecular weight is 285 g/mol. The number of methoxy groups -OCH3 is 1. The second kappa shape index (κ2) is 7.01. The van der Waals surface area contributed by atoms with Crippen molar-refractivity contribution in [3.63, 3.8) is 0 Å². The number of nitrogens with zero attached hydrogens (tertiary/aromatic N) is 2. The fraction of sp³-hybridized carbons (Fsp3) is 0.846. The van der Waals surface area contributed by atoms with Crippen LogP contribution < -0.4 is 5.73 Å². The van der Waals surface area contributed by atoms with Gasteiger partial charge in [0.1, 0.15) is 6.10 Å². The zero-order valence-electron chi connectivity index (χ0n) is 11.9. The third kappa shape index (κ3) is 3.68. The summed E-state index contributed by atoms with van der Waals surface area (Å²) in [6, 6.07) is 0. The SMILES string of the molecule is COC(=O)CN1CCN(C(=O)C2CCC(CN)O2)CC1. The quantitative estimate of drug-likeness (QED) is 0.654. The van der Waals surface area contributed by atoms with Gasteiger partial charge in [0.15, 0.2) is 0 Å². The third-order valence-electron chi connectivity index (χ3n) is 3.91. The highest BCUT2D eigenvalue weighted by Crippen LogP contribution is 2.21. The maximum Gasteiger partial charge on any atom is 0.319 e. The van der Waals surface area contributed by atoms with Gasteiger partial charge in [0.2, 0.25) is 0 Å². The van der Waals surface area contributed by atoms with Gasteiger partial charge in [-0.3, -0.25) is 14.5 Å². The molecule has 1 amide bonds. The molecule has 7 heteroatoms. The Kier molecular flexibility index (Phi) is 5.33. The van der Waals surface area contributed by atoms with Gasteiger partial charge in [-0.2, -0.15) is 0 Å². The molecule has 7 nitrogen and oxygen atoms in total. The topological polar surface area (TPSA) is 85.1 Å². The Morgan fingerprint density at radius 2 is 1.95 bits per heavy atom. The lowest BCUT2D eigenvalue weighted by molar-refractivity contribution is -0.146. The molecule has 20 heavy (non-hydrogen) atoms. The minimum Gasteiger partial charge on any atom is -0.468 e. The van der Waals surface area contributed by atoms with E-state index in [1.807, 2.05) is 9.80 Å². The first-order chi connectivity index (χ1) is 9.63. The molecule has 2 heterocycles. The Balaban J connectivity index is 1.76. The smallest absolute Gasteiger partial charge is 0.319 e. The summed E-state index contributed by atoms with van der Waals surface area (Å²) >= 11 is 0. The Bertz CT molecular complexity index is 356. The molecule has 2 saturated heterocycles. The van der Waals surface area contributed by atoms with Crippen molar-refractivity contribution in [3.8, 4) is 0 Å². The minimum atomic E-state index is -0.337. The largest absolute Gasteiger partial charge is 0.468 e. The van der Waals surface area contributed by atoms with Crippen molar-refractivity contribution in [1.29, 1.82) is 0 Å². The molecular weight excluding hydrogens is 262 g/mol. The van der Waals surface area contributed by atoms with Crippen molar-refractivity contribution in [2.24, 2.45) is 5.73 Å². The third-order valence-corrected chi connectivity index (χ3v) is 3.91. The molecule has 0 radical (unpaired) electrons. The van der Waals surface area contributed by atoms with E-state index in [2.05, 4.69) is 4.74 Å². The van der Waals surface area contributed by atoms with Crippen LogP contribution in [0.25, 0.3) is 0 Å². The summed E-state index contributed by atoms with van der Waals surface area (Å²) in [5.74, 6) is -0.187. The van der Waals surface area contributed by atoms with E-state index in [0.717, 1.165) is 12.8 Å². The molecular formula is C13H23N3O4. The minimum absolute atomic E-state index is 0.0181. The van der Waals surface area contributed by atoms with Gasteiger partial charge < -0.3 is 20.1 Å². The fourth-order valence-corrected chi connectivity index (χ4v) is 2.64. The molecule has 2 atom stereocenters. The molecule has 2 aliphatic rings. The van der Waals surface area contributed by atoms with Gasteiger partial charge in [-0.1, -0.05) is 0 Å². The van der Waals surface area contributed by atoms with Crippen molar-refractivity contribution < 1.29 is 19.1 Å². The van der Waals surface area contributed by atoms with Gasteiger partial charge in [0.05, 0.1) is 19.8 Å². The van der Waals surface area contributed by atoms with Crippen molar-refractivity contribution in [2.75, 3.05) is 46.4 Å². The molecule has 2 N–H and O–H groups in total. The lowest BCUT2D eigenvalue weighted by Crippen LogP contribution is -2.52. The number of piperazine rings is 1. The van der Waals surface area contributed by atoms with Crippen LogP contribution >= 0.6 is 0 Å². The van der Waals surface area contributed by atoms with Crippen LogP contribution in [0.1, 0.15) is 12.8 Å². The molecule has 0 saturated carbocycles. The van der Waals surface area contributed by atoms with Crippen molar-refractivity contribution in [3.05, 3.63) is 0 Å². The summed E-state index contributed by atoms with van der Waals surface area (Å²) in [6.45, 7) is 3.39. The van der Waals surface area contributed by atoms with E-state index in [1.165, 1.54) is 7.11 Å². The van der Waals surface area contributed by atoms with E-state index in [1.54, 1.807) is 0 Å². The summed E-state index contributed by atoms with van der Waals surface area (Å²) < 4.78 is 10.3. The van der Waals surface area contributed by atoms with Crippen molar-refractivity contribution in [1.82, 2.24) is 9.80 Å². The molecule has 0 aliphatic carbocycles. The van der Waals surface area contributed by atoms with Crippen LogP contribution in [-0.4, -0.2) is 80.3 Å². The van der Waals surface area contributed by atoms with E-state index in [-0.39, 0.29) is 30.6 Å². The number of esters is 1. The van der Waals surface area contributed by atoms with E-state index < -0.39 is 0 Å². The first kappa shape index (κ1) is 15.2. The Morgan fingerprint density at radius 3 is 2.50 bits per heavy atom. The van der Waals surface area contributed by atoms with Gasteiger partial charge in [0.25, 0.3) is 5.91 Å². The number of amides is 1. The highest BCUT2D eigenvalue weighted by Gasteiger charge is 2.34. The van der Waals surface area contributed by atoms with E-state index in [4.69, 9.17) is 10.5 Å². The van der Waals surface area contributed by atoms with Gasteiger partial charge >= 0.3 is 5.97 Å². The standard InChI is InChI=1S/C13H23N3O4/c1-19-12(17)9-15-4-6-16(7-5-15)13(18)11-3-2-10(8-14)20-11/h10-11H,2-9,14H2,1H3. The van der Waals surface area contributed by atoms with Crippen LogP contribution in [0, 0.1) is 0 Å². The van der Waals surface area contributed by atoms with Crippen molar-refractivity contribution in [2.45, 2.75) is 25.0 Å². The molecule has 0 spiro atoms. The van der Waals surface area contributed by atoms with Gasteiger partial charge in [-0.05, 0) is 12.8 Å². The van der Waals surface area contributed by atoms with E-state index in [9.17, 15) is 9.59 Å². The van der Waals surface area contributed by atoms with Crippen LogP contribution in [-0.2, 0) is 19.1 Å². The first-order valence-electron chi connectivity index (χ1n) is 7.07. The predicted molar refractivity (Wildman–Crippen MR) is 72.0 cm³/mol. The molecule has 0 aromatic carbocycles. The maximum absolute atomic E-state index is 12.3. The predicted octanol–water partition coefficient (Wildman–Crippen LogP) is -1.19. The summed E-state index contributed by atoms with van der Waals surface area (Å²) in [5, 5.41) is 0. The lowest BCUT2D eigenvalue weighted by atomic mass is 10.1. The summed E-state index contributed by atoms with van der Waals surface area (Å²) in [7, 11) is 1.38. The highest BCUT2D eigenvalue weighted by atomic mass is 16.5. The van der Waals surface area contributed by atoms with E-state index in [0.29, 0.717) is 32.7 Å². The summed E-state index contributed by atoms with van der Waals surface area (Å²) in [6.07, 6.45) is 1.29. The molecule has 114 valence electrons. The van der Waals surface area contributed by atoms with Crippen molar-refractivity contribution >= 4 is 11.9 Å². The molecule has 0 aromatic rings. The number of hydrogen-bond acceptors (Lipinski definition) is 6. The molecule has 2 unspecified atom stereocenters. The number of carbonyl (C=O) groups is 2. The second-order valence-electron chi connectivity index (χ2n) is 5.24. The average Bonchev–Trinajstić information content (AvgIpc) is 2.96. The van der Waals surface area contributed by atoms with Gasteiger partial charge in [-0.25, -0.2) is 0 Å². The number of carbonyl (C=O) groups excluding carboxylic acids is 2. The molecule has 2 aliphatic heterocycles. The number of nitrogens with two attached hydrogens (primary N) is 1. The highest BCUT2D eigenvalue weighted by molar-refractivity contribution is 5.81. The van der Waals surface area contributed by atoms with Crippen LogP contribution in [0.2, 0.25) is 0 Å². The summed E-state index contributed by atoms with van der Waals surface area (Å²) in [4.78, 5) is 27.3. The molecule has 0 aromatic heterocycles. The Morgan fingerprint density at radius 1 is 1.25 bits per heavy atom. The number of hydrogen-bond donors (Lipinski definition) is 1. The Labute approximate surface area is 119 Å². The van der Waals surface area contributed by atoms with Gasteiger partial charge in [-0.15, -0.1) is 0 Å². The summed E-state index contributed by atoms with van der Waals surface area (Å²) in [5.41, 5.74) is 5.55. The number of ether oxygens (including phenoxy) is 2. The maximum atomic E-state index is 12.3. The fourth-order valence-electron chi connectivity index (χ4n) is 2.64. The Hall–Kier alpha value is -1.18. The van der Waals surface area contributed by atoms with Crippen LogP contribution in [0.15, 0.2) is 0 Å². The monoisotopic (exact) mass is 285 g/mol. The molecule has 2 fully saturated rings. The molecule has 0 bridgehead atoms. The molecule has 2 rings (SSSR count). The van der Waals surface area contributed by atoms with E-state index >= 15 is 0 Å². The van der Waals surface area contributed by atoms with Crippen LogP contribution in [0.4, 0.5) is 0 Å². The normalized spacial score (nSPS) is 27.6.